The van der Waals surface area contributed by atoms with E-state index in [2.05, 4.69) is 5.32 Å². The molecular formula is C13H16ClN3O3. The largest absolute Gasteiger partial charge is 0.478 e. The summed E-state index contributed by atoms with van der Waals surface area (Å²) >= 11 is 5.82. The lowest BCUT2D eigenvalue weighted by molar-refractivity contribution is 0.0697. The lowest BCUT2D eigenvalue weighted by Crippen LogP contribution is -2.44. The summed E-state index contributed by atoms with van der Waals surface area (Å²) in [7, 11) is 0. The average molecular weight is 298 g/mol. The van der Waals surface area contributed by atoms with E-state index in [0.29, 0.717) is 18.8 Å². The Balaban J connectivity index is 1.99. The lowest BCUT2D eigenvalue weighted by Gasteiger charge is -2.31. The molecule has 1 aliphatic rings. The van der Waals surface area contributed by atoms with Crippen LogP contribution in [-0.2, 0) is 0 Å². The molecule has 0 spiro atoms. The number of likely N-dealkylation sites (tertiary alicyclic amines) is 1. The molecular weight excluding hydrogens is 282 g/mol. The number of primary amides is 1. The van der Waals surface area contributed by atoms with Crippen molar-refractivity contribution in [1.29, 1.82) is 0 Å². The zero-order chi connectivity index (χ0) is 14.7. The summed E-state index contributed by atoms with van der Waals surface area (Å²) < 4.78 is 0. The quantitative estimate of drug-likeness (QED) is 0.795. The second kappa shape index (κ2) is 6.00. The van der Waals surface area contributed by atoms with Gasteiger partial charge in [-0.15, -0.1) is 0 Å². The van der Waals surface area contributed by atoms with Gasteiger partial charge >= 0.3 is 12.0 Å². The number of anilines is 1. The molecule has 20 heavy (non-hydrogen) atoms. The van der Waals surface area contributed by atoms with Gasteiger partial charge < -0.3 is 21.1 Å². The standard InChI is InChI=1S/C13H16ClN3O3/c14-11-2-1-9(7-10(11)12(18)19)16-8-3-5-17(6-4-8)13(15)20/h1-2,7-8,16H,3-6H2,(H2,15,20)(H,18,19). The second-order valence-corrected chi connectivity index (χ2v) is 5.15. The van der Waals surface area contributed by atoms with E-state index in [-0.39, 0.29) is 16.6 Å². The molecule has 1 aromatic rings. The van der Waals surface area contributed by atoms with E-state index in [1.54, 1.807) is 17.0 Å². The van der Waals surface area contributed by atoms with E-state index in [1.807, 2.05) is 0 Å². The van der Waals surface area contributed by atoms with Crippen molar-refractivity contribution in [2.75, 3.05) is 18.4 Å². The van der Waals surface area contributed by atoms with Gasteiger partial charge in [-0.2, -0.15) is 0 Å². The number of nitrogens with zero attached hydrogens (tertiary/aromatic N) is 1. The van der Waals surface area contributed by atoms with E-state index >= 15 is 0 Å². The van der Waals surface area contributed by atoms with Crippen LogP contribution in [0, 0.1) is 0 Å². The number of nitrogens with one attached hydrogen (secondary N) is 1. The van der Waals surface area contributed by atoms with Crippen LogP contribution in [0.2, 0.25) is 5.02 Å². The monoisotopic (exact) mass is 297 g/mol. The highest BCUT2D eigenvalue weighted by Gasteiger charge is 2.21. The van der Waals surface area contributed by atoms with Gasteiger partial charge in [-0.05, 0) is 31.0 Å². The van der Waals surface area contributed by atoms with Gasteiger partial charge in [-0.1, -0.05) is 11.6 Å². The number of halogens is 1. The Kier molecular flexibility index (Phi) is 4.34. The molecule has 0 aliphatic carbocycles. The average Bonchev–Trinajstić information content (AvgIpc) is 2.41. The number of benzene rings is 1. The van der Waals surface area contributed by atoms with Crippen LogP contribution < -0.4 is 11.1 Å². The van der Waals surface area contributed by atoms with Crippen molar-refractivity contribution in [1.82, 2.24) is 4.90 Å². The smallest absolute Gasteiger partial charge is 0.337 e. The third-order valence-corrected chi connectivity index (χ3v) is 3.70. The first-order valence-electron chi connectivity index (χ1n) is 6.31. The van der Waals surface area contributed by atoms with E-state index in [9.17, 15) is 9.59 Å². The molecule has 0 atom stereocenters. The summed E-state index contributed by atoms with van der Waals surface area (Å²) in [5, 5.41) is 12.5. The highest BCUT2D eigenvalue weighted by atomic mass is 35.5. The summed E-state index contributed by atoms with van der Waals surface area (Å²) in [6, 6.07) is 4.61. The van der Waals surface area contributed by atoms with Crippen molar-refractivity contribution in [2.24, 2.45) is 5.73 Å². The Morgan fingerprint density at radius 1 is 1.35 bits per heavy atom. The van der Waals surface area contributed by atoms with Gasteiger partial charge in [-0.25, -0.2) is 9.59 Å². The highest BCUT2D eigenvalue weighted by molar-refractivity contribution is 6.33. The number of carbonyl (C=O) groups excluding carboxylic acids is 1. The molecule has 6 nitrogen and oxygen atoms in total. The minimum Gasteiger partial charge on any atom is -0.478 e. The zero-order valence-electron chi connectivity index (χ0n) is 10.8. The van der Waals surface area contributed by atoms with Gasteiger partial charge in [-0.3, -0.25) is 0 Å². The maximum absolute atomic E-state index is 11.0. The van der Waals surface area contributed by atoms with Crippen molar-refractivity contribution in [3.8, 4) is 0 Å². The van der Waals surface area contributed by atoms with Gasteiger partial charge in [0.2, 0.25) is 0 Å². The number of hydrogen-bond acceptors (Lipinski definition) is 3. The number of carbonyl (C=O) groups is 2. The van der Waals surface area contributed by atoms with Crippen molar-refractivity contribution in [3.05, 3.63) is 28.8 Å². The van der Waals surface area contributed by atoms with Crippen LogP contribution in [-0.4, -0.2) is 41.1 Å². The molecule has 1 fully saturated rings. The van der Waals surface area contributed by atoms with Gasteiger partial charge in [0.05, 0.1) is 10.6 Å². The molecule has 0 saturated carbocycles. The van der Waals surface area contributed by atoms with Gasteiger partial charge in [0.25, 0.3) is 0 Å². The number of nitrogens with two attached hydrogens (primary N) is 1. The molecule has 1 aliphatic heterocycles. The summed E-state index contributed by atoms with van der Waals surface area (Å²) in [5.74, 6) is -1.05. The Hall–Kier alpha value is -1.95. The molecule has 0 bridgehead atoms. The molecule has 108 valence electrons. The number of carboxylic acid groups (broad SMARTS) is 1. The summed E-state index contributed by atoms with van der Waals surface area (Å²) in [4.78, 5) is 23.6. The fourth-order valence-corrected chi connectivity index (χ4v) is 2.46. The number of aromatic carboxylic acids is 1. The molecule has 1 heterocycles. The van der Waals surface area contributed by atoms with Gasteiger partial charge in [0, 0.05) is 24.8 Å². The summed E-state index contributed by atoms with van der Waals surface area (Å²) in [5.41, 5.74) is 6.01. The van der Waals surface area contributed by atoms with E-state index in [4.69, 9.17) is 22.4 Å². The minimum absolute atomic E-state index is 0.0752. The van der Waals surface area contributed by atoms with Crippen molar-refractivity contribution < 1.29 is 14.7 Å². The predicted molar refractivity (Wildman–Crippen MR) is 76.2 cm³/mol. The Morgan fingerprint density at radius 3 is 2.55 bits per heavy atom. The first-order valence-corrected chi connectivity index (χ1v) is 6.69. The molecule has 4 N–H and O–H groups in total. The second-order valence-electron chi connectivity index (χ2n) is 4.74. The number of carboxylic acids is 1. The van der Waals surface area contributed by atoms with Crippen LogP contribution in [0.4, 0.5) is 10.5 Å². The number of hydrogen-bond donors (Lipinski definition) is 3. The van der Waals surface area contributed by atoms with Crippen molar-refractivity contribution >= 4 is 29.3 Å². The van der Waals surface area contributed by atoms with E-state index in [1.165, 1.54) is 6.07 Å². The SMILES string of the molecule is NC(=O)N1CCC(Nc2ccc(Cl)c(C(=O)O)c2)CC1. The fraction of sp³-hybridized carbons (Fsp3) is 0.385. The van der Waals surface area contributed by atoms with Gasteiger partial charge in [0.15, 0.2) is 0 Å². The number of urea groups is 1. The molecule has 2 rings (SSSR count). The van der Waals surface area contributed by atoms with Crippen LogP contribution in [0.3, 0.4) is 0 Å². The maximum Gasteiger partial charge on any atom is 0.337 e. The van der Waals surface area contributed by atoms with Crippen molar-refractivity contribution in [2.45, 2.75) is 18.9 Å². The Labute approximate surface area is 121 Å². The van der Waals surface area contributed by atoms with Crippen LogP contribution in [0.15, 0.2) is 18.2 Å². The van der Waals surface area contributed by atoms with E-state index in [0.717, 1.165) is 12.8 Å². The highest BCUT2D eigenvalue weighted by Crippen LogP contribution is 2.23. The summed E-state index contributed by atoms with van der Waals surface area (Å²) in [6.45, 7) is 1.21. The molecule has 0 aromatic heterocycles. The fourth-order valence-electron chi connectivity index (χ4n) is 2.26. The number of rotatable bonds is 3. The maximum atomic E-state index is 11.0. The Morgan fingerprint density at radius 2 is 2.00 bits per heavy atom. The number of piperidine rings is 1. The van der Waals surface area contributed by atoms with Crippen LogP contribution in [0.25, 0.3) is 0 Å². The normalized spacial score (nSPS) is 15.9. The predicted octanol–water partition coefficient (Wildman–Crippen LogP) is 1.99. The van der Waals surface area contributed by atoms with Crippen LogP contribution >= 0.6 is 11.6 Å². The van der Waals surface area contributed by atoms with Crippen molar-refractivity contribution in [3.63, 3.8) is 0 Å². The first-order chi connectivity index (χ1) is 9.47. The molecule has 0 radical (unpaired) electrons. The molecule has 2 amide bonds. The summed E-state index contributed by atoms with van der Waals surface area (Å²) in [6.07, 6.45) is 1.54. The van der Waals surface area contributed by atoms with Crippen LogP contribution in [0.5, 0.6) is 0 Å². The third kappa shape index (κ3) is 3.33. The van der Waals surface area contributed by atoms with Crippen LogP contribution in [0.1, 0.15) is 23.2 Å². The van der Waals surface area contributed by atoms with E-state index < -0.39 is 12.0 Å². The third-order valence-electron chi connectivity index (χ3n) is 3.37. The minimum atomic E-state index is -1.05. The lowest BCUT2D eigenvalue weighted by atomic mass is 10.0. The van der Waals surface area contributed by atoms with Gasteiger partial charge in [0.1, 0.15) is 0 Å². The topological polar surface area (TPSA) is 95.7 Å². The zero-order valence-corrected chi connectivity index (χ0v) is 11.6. The number of amides is 2. The molecule has 1 aromatic carbocycles. The first kappa shape index (κ1) is 14.5. The molecule has 0 unspecified atom stereocenters. The molecule has 1 saturated heterocycles. The Bertz CT molecular complexity index is 528. The molecule has 7 heteroatoms.